The largest absolute Gasteiger partial charge is 0.497 e. The maximum absolute atomic E-state index is 12.8. The molecule has 1 atom stereocenters. The molecule has 8 nitrogen and oxygen atoms in total. The number of ether oxygens (including phenoxy) is 2. The summed E-state index contributed by atoms with van der Waals surface area (Å²) in [6.07, 6.45) is 2.25. The zero-order valence-electron chi connectivity index (χ0n) is 17.8. The van der Waals surface area contributed by atoms with Crippen LogP contribution in [0.3, 0.4) is 0 Å². The highest BCUT2D eigenvalue weighted by Crippen LogP contribution is 2.28. The lowest BCUT2D eigenvalue weighted by molar-refractivity contribution is -0.122. The lowest BCUT2D eigenvalue weighted by Crippen LogP contribution is -2.40. The molecular weight excluding hydrogens is 412 g/mol. The Morgan fingerprint density at radius 3 is 2.41 bits per heavy atom. The van der Waals surface area contributed by atoms with Crippen LogP contribution in [0, 0.1) is 0 Å². The van der Waals surface area contributed by atoms with Crippen molar-refractivity contribution in [3.8, 4) is 5.75 Å². The summed E-state index contributed by atoms with van der Waals surface area (Å²) in [4.78, 5) is 53.1. The Hall–Kier alpha value is -3.52. The predicted octanol–water partition coefficient (Wildman–Crippen LogP) is 2.46. The fourth-order valence-electron chi connectivity index (χ4n) is 4.07. The molecule has 0 radical (unpaired) electrons. The number of imide groups is 1. The van der Waals surface area contributed by atoms with Gasteiger partial charge in [-0.25, -0.2) is 9.69 Å². The number of carbonyl (C=O) groups is 4. The molecule has 4 rings (SSSR count). The van der Waals surface area contributed by atoms with E-state index in [4.69, 9.17) is 9.47 Å². The normalized spacial score (nSPS) is 18.8. The van der Waals surface area contributed by atoms with Gasteiger partial charge in [0.1, 0.15) is 5.75 Å². The summed E-state index contributed by atoms with van der Waals surface area (Å²) < 4.78 is 10.2. The van der Waals surface area contributed by atoms with Gasteiger partial charge in [0.25, 0.3) is 5.91 Å². The summed E-state index contributed by atoms with van der Waals surface area (Å²) in [6.45, 7) is 1.25. The topological polar surface area (TPSA) is 93.2 Å². The van der Waals surface area contributed by atoms with Gasteiger partial charge in [-0.3, -0.25) is 19.3 Å². The molecule has 0 saturated carbocycles. The van der Waals surface area contributed by atoms with Crippen LogP contribution < -0.4 is 9.64 Å². The second-order valence-corrected chi connectivity index (χ2v) is 7.81. The molecule has 32 heavy (non-hydrogen) atoms. The van der Waals surface area contributed by atoms with E-state index in [9.17, 15) is 19.2 Å². The summed E-state index contributed by atoms with van der Waals surface area (Å²) in [5.74, 6) is -0.949. The molecule has 2 aromatic rings. The van der Waals surface area contributed by atoms with Gasteiger partial charge >= 0.3 is 5.97 Å². The van der Waals surface area contributed by atoms with E-state index in [1.54, 1.807) is 36.4 Å². The molecule has 0 aliphatic carbocycles. The molecule has 2 amide bonds. The Labute approximate surface area is 185 Å². The van der Waals surface area contributed by atoms with Crippen LogP contribution in [0.4, 0.5) is 5.69 Å². The number of hydrogen-bond acceptors (Lipinski definition) is 7. The van der Waals surface area contributed by atoms with Crippen molar-refractivity contribution in [2.24, 2.45) is 0 Å². The van der Waals surface area contributed by atoms with E-state index in [0.29, 0.717) is 17.0 Å². The van der Waals surface area contributed by atoms with Crippen LogP contribution in [0.5, 0.6) is 5.75 Å². The van der Waals surface area contributed by atoms with Gasteiger partial charge in [-0.05, 0) is 62.3 Å². The molecule has 1 unspecified atom stereocenters. The molecule has 0 aromatic heterocycles. The van der Waals surface area contributed by atoms with Crippen LogP contribution in [-0.2, 0) is 14.3 Å². The summed E-state index contributed by atoms with van der Waals surface area (Å²) >= 11 is 0. The highest BCUT2D eigenvalue weighted by Gasteiger charge is 2.43. The van der Waals surface area contributed by atoms with E-state index < -0.39 is 18.6 Å². The van der Waals surface area contributed by atoms with Crippen molar-refractivity contribution < 1.29 is 28.7 Å². The molecule has 0 bridgehead atoms. The number of methoxy groups -OCH3 is 1. The minimum Gasteiger partial charge on any atom is -0.497 e. The van der Waals surface area contributed by atoms with Crippen molar-refractivity contribution in [3.05, 3.63) is 59.7 Å². The molecule has 8 heteroatoms. The summed E-state index contributed by atoms with van der Waals surface area (Å²) in [6, 6.07) is 12.2. The summed E-state index contributed by atoms with van der Waals surface area (Å²) in [5, 5.41) is 0. The first-order valence-corrected chi connectivity index (χ1v) is 10.5. The van der Waals surface area contributed by atoms with Crippen LogP contribution in [0.1, 0.15) is 40.0 Å². The Balaban J connectivity index is 1.37. The van der Waals surface area contributed by atoms with E-state index >= 15 is 0 Å². The summed E-state index contributed by atoms with van der Waals surface area (Å²) in [5.41, 5.74) is 1.03. The van der Waals surface area contributed by atoms with Gasteiger partial charge in [0.2, 0.25) is 5.91 Å². The molecular formula is C24H24N2O6. The Bertz CT molecular complexity index is 1040. The molecule has 2 aliphatic rings. The van der Waals surface area contributed by atoms with Gasteiger partial charge in [-0.1, -0.05) is 12.1 Å². The van der Waals surface area contributed by atoms with Crippen molar-refractivity contribution >= 4 is 29.3 Å². The first kappa shape index (κ1) is 21.7. The van der Waals surface area contributed by atoms with Crippen LogP contribution >= 0.6 is 0 Å². The number of Topliss-reactive ketones (excluding diaryl/α,β-unsaturated/α-hetero) is 1. The number of carbonyl (C=O) groups excluding carboxylic acids is 4. The minimum absolute atomic E-state index is 0.176. The van der Waals surface area contributed by atoms with Gasteiger partial charge in [0.05, 0.1) is 30.8 Å². The first-order valence-electron chi connectivity index (χ1n) is 10.5. The average Bonchev–Trinajstić information content (AvgIpc) is 3.45. The van der Waals surface area contributed by atoms with E-state index in [-0.39, 0.29) is 29.6 Å². The van der Waals surface area contributed by atoms with Crippen molar-refractivity contribution in [3.63, 3.8) is 0 Å². The number of rotatable bonds is 7. The predicted molar refractivity (Wildman–Crippen MR) is 116 cm³/mol. The van der Waals surface area contributed by atoms with Crippen LogP contribution in [-0.4, -0.2) is 61.3 Å². The third-order valence-corrected chi connectivity index (χ3v) is 5.79. The van der Waals surface area contributed by atoms with Gasteiger partial charge < -0.3 is 9.47 Å². The molecule has 166 valence electrons. The number of hydrogen-bond donors (Lipinski definition) is 0. The van der Waals surface area contributed by atoms with Gasteiger partial charge in [-0.2, -0.15) is 0 Å². The molecule has 2 heterocycles. The Kier molecular flexibility index (Phi) is 6.32. The maximum atomic E-state index is 12.8. The van der Waals surface area contributed by atoms with Crippen molar-refractivity contribution in [2.75, 3.05) is 31.7 Å². The highest BCUT2D eigenvalue weighted by molar-refractivity contribution is 6.22. The van der Waals surface area contributed by atoms with Crippen molar-refractivity contribution in [2.45, 2.75) is 25.3 Å². The second-order valence-electron chi connectivity index (χ2n) is 7.81. The maximum Gasteiger partial charge on any atom is 0.338 e. The van der Waals surface area contributed by atoms with E-state index in [0.717, 1.165) is 25.9 Å². The monoisotopic (exact) mass is 436 g/mol. The molecule has 2 aliphatic heterocycles. The SMILES string of the molecule is COc1cccc(C(=O)COC(=O)c2ccc(N3C(=O)CC(N4CCCC4)C3=O)cc2)c1. The lowest BCUT2D eigenvalue weighted by atomic mass is 10.1. The lowest BCUT2D eigenvalue weighted by Gasteiger charge is -2.21. The standard InChI is InChI=1S/C24H24N2O6/c1-31-19-6-4-5-17(13-19)21(27)15-32-24(30)16-7-9-18(10-8-16)26-22(28)14-20(23(26)29)25-11-2-3-12-25/h4-10,13,20H,2-3,11-12,14-15H2,1H3. The highest BCUT2D eigenvalue weighted by atomic mass is 16.5. The number of ketones is 1. The van der Waals surface area contributed by atoms with E-state index in [2.05, 4.69) is 4.90 Å². The fourth-order valence-corrected chi connectivity index (χ4v) is 4.07. The molecule has 2 aromatic carbocycles. The van der Waals surface area contributed by atoms with Crippen molar-refractivity contribution in [1.29, 1.82) is 0 Å². The van der Waals surface area contributed by atoms with Gasteiger partial charge in [0.15, 0.2) is 12.4 Å². The molecule has 2 fully saturated rings. The number of anilines is 1. The number of amides is 2. The Morgan fingerprint density at radius 2 is 1.72 bits per heavy atom. The molecule has 0 N–H and O–H groups in total. The zero-order valence-corrected chi connectivity index (χ0v) is 17.8. The summed E-state index contributed by atoms with van der Waals surface area (Å²) in [7, 11) is 1.50. The van der Waals surface area contributed by atoms with E-state index in [1.807, 2.05) is 0 Å². The molecule has 0 spiro atoms. The van der Waals surface area contributed by atoms with Crippen molar-refractivity contribution in [1.82, 2.24) is 4.90 Å². The molecule has 2 saturated heterocycles. The van der Waals surface area contributed by atoms with Crippen LogP contribution in [0.25, 0.3) is 0 Å². The number of nitrogens with zero attached hydrogens (tertiary/aromatic N) is 2. The Morgan fingerprint density at radius 1 is 1.00 bits per heavy atom. The minimum atomic E-state index is -0.665. The third-order valence-electron chi connectivity index (χ3n) is 5.79. The average molecular weight is 436 g/mol. The van der Waals surface area contributed by atoms with Crippen LogP contribution in [0.15, 0.2) is 48.5 Å². The quantitative estimate of drug-likeness (QED) is 0.374. The van der Waals surface area contributed by atoms with Gasteiger partial charge in [0, 0.05) is 5.56 Å². The number of esters is 1. The van der Waals surface area contributed by atoms with E-state index in [1.165, 1.54) is 24.1 Å². The number of benzene rings is 2. The van der Waals surface area contributed by atoms with Gasteiger partial charge in [-0.15, -0.1) is 0 Å². The first-order chi connectivity index (χ1) is 15.5. The number of likely N-dealkylation sites (tertiary alicyclic amines) is 1. The second kappa shape index (κ2) is 9.32. The smallest absolute Gasteiger partial charge is 0.338 e. The zero-order chi connectivity index (χ0) is 22.7. The fraction of sp³-hybridized carbons (Fsp3) is 0.333. The third kappa shape index (κ3) is 4.40. The van der Waals surface area contributed by atoms with Crippen LogP contribution in [0.2, 0.25) is 0 Å².